The molecule has 0 spiro atoms. The van der Waals surface area contributed by atoms with E-state index >= 15 is 0 Å². The number of nitrogens with zero attached hydrogens (tertiary/aromatic N) is 4. The van der Waals surface area contributed by atoms with E-state index in [2.05, 4.69) is 10.3 Å². The summed E-state index contributed by atoms with van der Waals surface area (Å²) in [4.78, 5) is 14.6. The number of methoxy groups -OCH3 is 1. The molecule has 7 nitrogen and oxygen atoms in total. The van der Waals surface area contributed by atoms with Gasteiger partial charge in [0.1, 0.15) is 17.0 Å². The van der Waals surface area contributed by atoms with Crippen LogP contribution < -0.4 is 9.47 Å². The van der Waals surface area contributed by atoms with E-state index in [1.165, 1.54) is 4.68 Å². The van der Waals surface area contributed by atoms with Crippen molar-refractivity contribution >= 4 is 17.1 Å². The molecule has 2 heterocycles. The number of likely N-dealkylation sites (tertiary alicyclic amines) is 1. The van der Waals surface area contributed by atoms with Gasteiger partial charge in [-0.05, 0) is 61.6 Å². The van der Waals surface area contributed by atoms with Gasteiger partial charge in [0.05, 0.1) is 19.2 Å². The van der Waals surface area contributed by atoms with E-state index in [9.17, 15) is 4.79 Å². The molecule has 1 aliphatic heterocycles. The number of hydrogen-bond donors (Lipinski definition) is 0. The quantitative estimate of drug-likeness (QED) is 0.677. The fourth-order valence-electron chi connectivity index (χ4n) is 3.57. The van der Waals surface area contributed by atoms with E-state index in [1.54, 1.807) is 7.11 Å². The fourth-order valence-corrected chi connectivity index (χ4v) is 3.57. The van der Waals surface area contributed by atoms with Gasteiger partial charge >= 0.3 is 6.03 Å². The summed E-state index contributed by atoms with van der Waals surface area (Å²) < 4.78 is 12.4. The first-order chi connectivity index (χ1) is 13.7. The molecule has 146 valence electrons. The minimum atomic E-state index is -0.0957. The van der Waals surface area contributed by atoms with Gasteiger partial charge in [0.2, 0.25) is 0 Å². The summed E-state index contributed by atoms with van der Waals surface area (Å²) in [6, 6.07) is 15.1. The summed E-state index contributed by atoms with van der Waals surface area (Å²) in [5.41, 5.74) is 1.49. The zero-order chi connectivity index (χ0) is 19.3. The predicted molar refractivity (Wildman–Crippen MR) is 106 cm³/mol. The number of para-hydroxylation sites is 1. The third kappa shape index (κ3) is 3.93. The molecule has 0 bridgehead atoms. The van der Waals surface area contributed by atoms with Gasteiger partial charge in [-0.3, -0.25) is 0 Å². The predicted octanol–water partition coefficient (Wildman–Crippen LogP) is 3.59. The number of rotatable bonds is 5. The fraction of sp³-hybridized carbons (Fsp3) is 0.381. The average Bonchev–Trinajstić information content (AvgIpc) is 3.18. The van der Waals surface area contributed by atoms with Crippen molar-refractivity contribution in [1.82, 2.24) is 19.9 Å². The van der Waals surface area contributed by atoms with E-state index in [0.29, 0.717) is 12.5 Å². The second-order valence-corrected chi connectivity index (χ2v) is 7.02. The van der Waals surface area contributed by atoms with Crippen LogP contribution in [0, 0.1) is 5.92 Å². The van der Waals surface area contributed by atoms with E-state index in [4.69, 9.17) is 9.47 Å². The number of carbonyl (C=O) groups is 1. The highest BCUT2D eigenvalue weighted by atomic mass is 16.5. The molecule has 4 rings (SSSR count). The number of piperidine rings is 1. The second kappa shape index (κ2) is 8.29. The molecule has 1 fully saturated rings. The lowest BCUT2D eigenvalue weighted by atomic mass is 9.94. The Kier molecular flexibility index (Phi) is 5.41. The molecule has 0 atom stereocenters. The monoisotopic (exact) mass is 380 g/mol. The number of carbonyl (C=O) groups excluding carboxylic acids is 1. The SMILES string of the molecule is COc1ccc(OCCC2CCN(C(=O)n3nnc4ccccc43)CC2)cc1. The van der Waals surface area contributed by atoms with Crippen LogP contribution in [0.15, 0.2) is 48.5 Å². The average molecular weight is 380 g/mol. The summed E-state index contributed by atoms with van der Waals surface area (Å²) in [5.74, 6) is 2.24. The molecular formula is C21H24N4O3. The van der Waals surface area contributed by atoms with Gasteiger partial charge in [-0.25, -0.2) is 4.79 Å². The number of hydrogen-bond acceptors (Lipinski definition) is 5. The van der Waals surface area contributed by atoms with Crippen molar-refractivity contribution in [3.8, 4) is 11.5 Å². The van der Waals surface area contributed by atoms with Gasteiger partial charge < -0.3 is 14.4 Å². The molecular weight excluding hydrogens is 356 g/mol. The minimum absolute atomic E-state index is 0.0957. The van der Waals surface area contributed by atoms with Gasteiger partial charge in [0.15, 0.2) is 0 Å². The van der Waals surface area contributed by atoms with Crippen molar-refractivity contribution in [2.45, 2.75) is 19.3 Å². The molecule has 3 aromatic rings. The molecule has 0 radical (unpaired) electrons. The number of benzene rings is 2. The molecule has 0 aliphatic carbocycles. The molecule has 28 heavy (non-hydrogen) atoms. The summed E-state index contributed by atoms with van der Waals surface area (Å²) in [6.45, 7) is 2.15. The maximum Gasteiger partial charge on any atom is 0.346 e. The lowest BCUT2D eigenvalue weighted by Gasteiger charge is -2.31. The number of ether oxygens (including phenoxy) is 2. The Morgan fingerprint density at radius 3 is 2.54 bits per heavy atom. The molecule has 1 amide bonds. The zero-order valence-electron chi connectivity index (χ0n) is 16.0. The Morgan fingerprint density at radius 1 is 1.07 bits per heavy atom. The van der Waals surface area contributed by atoms with Crippen molar-refractivity contribution in [2.24, 2.45) is 5.92 Å². The van der Waals surface area contributed by atoms with Crippen LogP contribution in [0.1, 0.15) is 19.3 Å². The molecule has 1 aliphatic rings. The first-order valence-electron chi connectivity index (χ1n) is 9.61. The molecule has 0 saturated carbocycles. The van der Waals surface area contributed by atoms with Crippen LogP contribution in [0.25, 0.3) is 11.0 Å². The van der Waals surface area contributed by atoms with Gasteiger partial charge in [0, 0.05) is 13.1 Å². The van der Waals surface area contributed by atoms with Crippen molar-refractivity contribution < 1.29 is 14.3 Å². The first kappa shape index (κ1) is 18.3. The molecule has 2 aromatic carbocycles. The van der Waals surface area contributed by atoms with E-state index in [0.717, 1.165) is 54.9 Å². The molecule has 1 saturated heterocycles. The summed E-state index contributed by atoms with van der Waals surface area (Å²) in [6.07, 6.45) is 2.94. The van der Waals surface area contributed by atoms with Crippen LogP contribution in [0.2, 0.25) is 0 Å². The first-order valence-corrected chi connectivity index (χ1v) is 9.61. The van der Waals surface area contributed by atoms with E-state index in [1.807, 2.05) is 53.4 Å². The third-order valence-electron chi connectivity index (χ3n) is 5.27. The third-order valence-corrected chi connectivity index (χ3v) is 5.27. The summed E-state index contributed by atoms with van der Waals surface area (Å²) >= 11 is 0. The maximum atomic E-state index is 12.8. The van der Waals surface area contributed by atoms with E-state index < -0.39 is 0 Å². The second-order valence-electron chi connectivity index (χ2n) is 7.02. The summed E-state index contributed by atoms with van der Waals surface area (Å²) in [7, 11) is 1.65. The zero-order valence-corrected chi connectivity index (χ0v) is 16.0. The molecule has 7 heteroatoms. The Labute approximate surface area is 163 Å². The highest BCUT2D eigenvalue weighted by Gasteiger charge is 2.25. The minimum Gasteiger partial charge on any atom is -0.497 e. The van der Waals surface area contributed by atoms with Crippen LogP contribution in [0.4, 0.5) is 4.79 Å². The van der Waals surface area contributed by atoms with Gasteiger partial charge in [0.25, 0.3) is 0 Å². The maximum absolute atomic E-state index is 12.8. The van der Waals surface area contributed by atoms with Crippen molar-refractivity contribution in [3.63, 3.8) is 0 Å². The van der Waals surface area contributed by atoms with Crippen LogP contribution >= 0.6 is 0 Å². The normalized spacial score (nSPS) is 15.0. The smallest absolute Gasteiger partial charge is 0.346 e. The van der Waals surface area contributed by atoms with Gasteiger partial charge in [-0.1, -0.05) is 17.3 Å². The summed E-state index contributed by atoms with van der Waals surface area (Å²) in [5, 5.41) is 8.10. The Morgan fingerprint density at radius 2 is 1.79 bits per heavy atom. The van der Waals surface area contributed by atoms with Crippen LogP contribution in [0.5, 0.6) is 11.5 Å². The Bertz CT molecular complexity index is 930. The Balaban J connectivity index is 1.25. The Hall–Kier alpha value is -3.09. The molecule has 0 unspecified atom stereocenters. The highest BCUT2D eigenvalue weighted by Crippen LogP contribution is 2.23. The molecule has 0 N–H and O–H groups in total. The van der Waals surface area contributed by atoms with Gasteiger partial charge in [-0.15, -0.1) is 5.10 Å². The van der Waals surface area contributed by atoms with Crippen LogP contribution in [-0.4, -0.2) is 52.7 Å². The number of amides is 1. The largest absolute Gasteiger partial charge is 0.497 e. The van der Waals surface area contributed by atoms with Gasteiger partial charge in [-0.2, -0.15) is 4.68 Å². The van der Waals surface area contributed by atoms with Crippen LogP contribution in [0.3, 0.4) is 0 Å². The topological polar surface area (TPSA) is 69.5 Å². The number of aromatic nitrogens is 3. The highest BCUT2D eigenvalue weighted by molar-refractivity contribution is 5.87. The standard InChI is InChI=1S/C21H24N4O3/c1-27-17-6-8-18(9-7-17)28-15-12-16-10-13-24(14-11-16)21(26)25-20-5-3-2-4-19(20)22-23-25/h2-9,16H,10-15H2,1H3. The number of fused-ring (bicyclic) bond motifs is 1. The van der Waals surface area contributed by atoms with E-state index in [-0.39, 0.29) is 6.03 Å². The van der Waals surface area contributed by atoms with Crippen molar-refractivity contribution in [3.05, 3.63) is 48.5 Å². The lowest BCUT2D eigenvalue weighted by molar-refractivity contribution is 0.159. The molecule has 1 aromatic heterocycles. The lowest BCUT2D eigenvalue weighted by Crippen LogP contribution is -2.41. The van der Waals surface area contributed by atoms with Crippen LogP contribution in [-0.2, 0) is 0 Å². The van der Waals surface area contributed by atoms with Crippen molar-refractivity contribution in [1.29, 1.82) is 0 Å². The van der Waals surface area contributed by atoms with Crippen molar-refractivity contribution in [2.75, 3.05) is 26.8 Å².